The minimum Gasteiger partial charge on any atom is -0.492 e. The molecule has 1 amide bonds. The first-order valence-corrected chi connectivity index (χ1v) is 11.7. The second kappa shape index (κ2) is 11.3. The van der Waals surface area contributed by atoms with Crippen LogP contribution in [0.5, 0.6) is 5.75 Å². The number of piperidine rings is 1. The Hall–Kier alpha value is -2.89. The maximum absolute atomic E-state index is 14.6. The van der Waals surface area contributed by atoms with Gasteiger partial charge < -0.3 is 10.1 Å². The summed E-state index contributed by atoms with van der Waals surface area (Å²) < 4.78 is 20.4. The molecule has 33 heavy (non-hydrogen) atoms. The molecule has 0 saturated carbocycles. The number of rotatable bonds is 8. The summed E-state index contributed by atoms with van der Waals surface area (Å²) in [4.78, 5) is 15.5. The van der Waals surface area contributed by atoms with Crippen LogP contribution in [0.4, 0.5) is 4.39 Å². The van der Waals surface area contributed by atoms with Crippen molar-refractivity contribution in [1.82, 2.24) is 10.2 Å². The molecule has 1 heterocycles. The highest BCUT2D eigenvalue weighted by molar-refractivity contribution is 6.30. The van der Waals surface area contributed by atoms with E-state index in [-0.39, 0.29) is 17.6 Å². The molecule has 4 rings (SSSR count). The molecule has 1 fully saturated rings. The maximum Gasteiger partial charge on any atom is 0.223 e. The number of benzene rings is 3. The number of para-hydroxylation sites is 1. The van der Waals surface area contributed by atoms with E-state index in [0.29, 0.717) is 17.2 Å². The van der Waals surface area contributed by atoms with Crippen molar-refractivity contribution < 1.29 is 13.9 Å². The molecule has 1 aliphatic rings. The average molecular weight is 467 g/mol. The lowest BCUT2D eigenvalue weighted by molar-refractivity contribution is -0.127. The van der Waals surface area contributed by atoms with E-state index in [4.69, 9.17) is 16.3 Å². The summed E-state index contributed by atoms with van der Waals surface area (Å²) in [5.41, 5.74) is 1.25. The molecule has 0 aliphatic carbocycles. The van der Waals surface area contributed by atoms with Crippen LogP contribution in [0.3, 0.4) is 0 Å². The molecular weight excluding hydrogens is 439 g/mol. The molecule has 0 unspecified atom stereocenters. The number of halogens is 2. The highest BCUT2D eigenvalue weighted by Gasteiger charge is 2.28. The largest absolute Gasteiger partial charge is 0.492 e. The van der Waals surface area contributed by atoms with Gasteiger partial charge in [0.25, 0.3) is 0 Å². The number of nitrogens with zero attached hydrogens (tertiary/aromatic N) is 1. The number of ether oxygens (including phenoxy) is 1. The van der Waals surface area contributed by atoms with Gasteiger partial charge in [-0.05, 0) is 61.8 Å². The van der Waals surface area contributed by atoms with Gasteiger partial charge in [0.1, 0.15) is 18.2 Å². The van der Waals surface area contributed by atoms with Gasteiger partial charge in [0.2, 0.25) is 5.91 Å². The first kappa shape index (κ1) is 23.3. The van der Waals surface area contributed by atoms with Crippen LogP contribution in [0, 0.1) is 11.7 Å². The van der Waals surface area contributed by atoms with Gasteiger partial charge in [0, 0.05) is 23.0 Å². The third-order valence-corrected chi connectivity index (χ3v) is 6.34. The van der Waals surface area contributed by atoms with Crippen LogP contribution in [0.15, 0.2) is 78.9 Å². The molecule has 4 nitrogen and oxygen atoms in total. The molecule has 0 aromatic heterocycles. The van der Waals surface area contributed by atoms with Gasteiger partial charge in [-0.1, -0.05) is 60.1 Å². The lowest BCUT2D eigenvalue weighted by Crippen LogP contribution is -2.42. The number of hydrogen-bond donors (Lipinski definition) is 1. The Morgan fingerprint density at radius 2 is 1.67 bits per heavy atom. The van der Waals surface area contributed by atoms with Gasteiger partial charge in [0.05, 0.1) is 6.04 Å². The van der Waals surface area contributed by atoms with Gasteiger partial charge in [-0.2, -0.15) is 0 Å². The molecule has 1 aliphatic heterocycles. The van der Waals surface area contributed by atoms with Crippen molar-refractivity contribution in [1.29, 1.82) is 0 Å². The van der Waals surface area contributed by atoms with Crippen LogP contribution in [0.25, 0.3) is 0 Å². The maximum atomic E-state index is 14.6. The van der Waals surface area contributed by atoms with Crippen molar-refractivity contribution in [2.45, 2.75) is 18.9 Å². The summed E-state index contributed by atoms with van der Waals surface area (Å²) in [5, 5.41) is 3.69. The Balaban J connectivity index is 1.34. The van der Waals surface area contributed by atoms with Crippen molar-refractivity contribution in [2.75, 3.05) is 26.2 Å². The molecular formula is C27H28ClFN2O2. The van der Waals surface area contributed by atoms with E-state index in [9.17, 15) is 9.18 Å². The van der Waals surface area contributed by atoms with Crippen molar-refractivity contribution in [3.8, 4) is 5.75 Å². The molecule has 0 spiro atoms. The zero-order chi connectivity index (χ0) is 23.0. The summed E-state index contributed by atoms with van der Waals surface area (Å²) in [7, 11) is 0. The molecule has 1 saturated heterocycles. The second-order valence-corrected chi connectivity index (χ2v) is 8.73. The SMILES string of the molecule is O=C(N[C@@H](c1ccc(Cl)cc1)c1ccccc1F)C1CCN(CCOc2ccccc2)CC1. The third kappa shape index (κ3) is 6.34. The van der Waals surface area contributed by atoms with E-state index in [2.05, 4.69) is 10.2 Å². The lowest BCUT2D eigenvalue weighted by Gasteiger charge is -2.32. The van der Waals surface area contributed by atoms with Gasteiger partial charge in [-0.3, -0.25) is 9.69 Å². The normalized spacial score (nSPS) is 15.7. The standard InChI is InChI=1S/C27H28ClFN2O2/c28-22-12-10-20(11-13-22)26(24-8-4-5-9-25(24)29)30-27(32)21-14-16-31(17-15-21)18-19-33-23-6-2-1-3-7-23/h1-13,21,26H,14-19H2,(H,30,32)/t26-/m0/s1. The highest BCUT2D eigenvalue weighted by atomic mass is 35.5. The summed E-state index contributed by atoms with van der Waals surface area (Å²) >= 11 is 6.03. The fourth-order valence-electron chi connectivity index (χ4n) is 4.19. The number of carbonyl (C=O) groups is 1. The molecule has 0 radical (unpaired) electrons. The van der Waals surface area contributed by atoms with Crippen LogP contribution < -0.4 is 10.1 Å². The smallest absolute Gasteiger partial charge is 0.223 e. The Kier molecular flexibility index (Phi) is 7.97. The number of hydrogen-bond acceptors (Lipinski definition) is 3. The topological polar surface area (TPSA) is 41.6 Å². The van der Waals surface area contributed by atoms with E-state index in [1.54, 1.807) is 30.3 Å². The van der Waals surface area contributed by atoms with Crippen molar-refractivity contribution in [3.63, 3.8) is 0 Å². The molecule has 6 heteroatoms. The van der Waals surface area contributed by atoms with Gasteiger partial charge >= 0.3 is 0 Å². The van der Waals surface area contributed by atoms with Crippen LogP contribution >= 0.6 is 11.6 Å². The first-order chi connectivity index (χ1) is 16.1. The Morgan fingerprint density at radius 3 is 2.36 bits per heavy atom. The second-order valence-electron chi connectivity index (χ2n) is 8.29. The fraction of sp³-hybridized carbons (Fsp3) is 0.296. The number of amides is 1. The quantitative estimate of drug-likeness (QED) is 0.478. The van der Waals surface area contributed by atoms with Gasteiger partial charge in [-0.25, -0.2) is 4.39 Å². The molecule has 1 atom stereocenters. The summed E-state index contributed by atoms with van der Waals surface area (Å²) in [6.45, 7) is 3.11. The monoisotopic (exact) mass is 466 g/mol. The number of nitrogens with one attached hydrogen (secondary N) is 1. The van der Waals surface area contributed by atoms with Gasteiger partial charge in [0.15, 0.2) is 0 Å². The fourth-order valence-corrected chi connectivity index (χ4v) is 4.32. The van der Waals surface area contributed by atoms with E-state index in [0.717, 1.165) is 43.8 Å². The summed E-state index contributed by atoms with van der Waals surface area (Å²) in [6.07, 6.45) is 1.53. The zero-order valence-corrected chi connectivity index (χ0v) is 19.2. The van der Waals surface area contributed by atoms with Crippen LogP contribution in [-0.4, -0.2) is 37.0 Å². The van der Waals surface area contributed by atoms with Crippen molar-refractivity contribution in [2.24, 2.45) is 5.92 Å². The zero-order valence-electron chi connectivity index (χ0n) is 18.4. The Morgan fingerprint density at radius 1 is 1.00 bits per heavy atom. The number of likely N-dealkylation sites (tertiary alicyclic amines) is 1. The lowest BCUT2D eigenvalue weighted by atomic mass is 9.93. The summed E-state index contributed by atoms with van der Waals surface area (Å²) in [6, 6.07) is 22.9. The Labute approximate surface area is 199 Å². The van der Waals surface area contributed by atoms with Crippen LogP contribution in [0.1, 0.15) is 30.0 Å². The van der Waals surface area contributed by atoms with Crippen molar-refractivity contribution >= 4 is 17.5 Å². The van der Waals surface area contributed by atoms with Gasteiger partial charge in [-0.15, -0.1) is 0 Å². The molecule has 3 aromatic rings. The average Bonchev–Trinajstić information content (AvgIpc) is 2.85. The molecule has 1 N–H and O–H groups in total. The number of carbonyl (C=O) groups excluding carboxylic acids is 1. The van der Waals surface area contributed by atoms with E-state index in [1.165, 1.54) is 6.07 Å². The highest BCUT2D eigenvalue weighted by Crippen LogP contribution is 2.27. The van der Waals surface area contributed by atoms with E-state index in [1.807, 2.05) is 42.5 Å². The predicted octanol–water partition coefficient (Wildman–Crippen LogP) is 5.48. The Bertz CT molecular complexity index is 1040. The van der Waals surface area contributed by atoms with Crippen LogP contribution in [0.2, 0.25) is 5.02 Å². The third-order valence-electron chi connectivity index (χ3n) is 6.08. The van der Waals surface area contributed by atoms with E-state index >= 15 is 0 Å². The minimum atomic E-state index is -0.562. The molecule has 0 bridgehead atoms. The minimum absolute atomic E-state index is 0.0432. The van der Waals surface area contributed by atoms with E-state index < -0.39 is 6.04 Å². The van der Waals surface area contributed by atoms with Crippen LogP contribution in [-0.2, 0) is 4.79 Å². The molecule has 172 valence electrons. The van der Waals surface area contributed by atoms with Crippen molar-refractivity contribution in [3.05, 3.63) is 101 Å². The first-order valence-electron chi connectivity index (χ1n) is 11.3. The molecule has 3 aromatic carbocycles. The summed E-state index contributed by atoms with van der Waals surface area (Å²) in [5.74, 6) is 0.385. The predicted molar refractivity (Wildman–Crippen MR) is 129 cm³/mol.